The second kappa shape index (κ2) is 6.34. The predicted molar refractivity (Wildman–Crippen MR) is 90.3 cm³/mol. The van der Waals surface area contributed by atoms with Crippen LogP contribution in [0, 0.1) is 0 Å². The Labute approximate surface area is 138 Å². The minimum absolute atomic E-state index is 0.393. The van der Waals surface area contributed by atoms with Gasteiger partial charge in [0.2, 0.25) is 0 Å². The van der Waals surface area contributed by atoms with Crippen molar-refractivity contribution in [1.29, 1.82) is 0 Å². The summed E-state index contributed by atoms with van der Waals surface area (Å²) < 4.78 is 18.0. The van der Waals surface area contributed by atoms with E-state index in [4.69, 9.17) is 14.2 Å². The number of ether oxygens (including phenoxy) is 3. The summed E-state index contributed by atoms with van der Waals surface area (Å²) >= 11 is 0. The van der Waals surface area contributed by atoms with Crippen molar-refractivity contribution in [2.24, 2.45) is 0 Å². The first-order chi connectivity index (χ1) is 11.0. The van der Waals surface area contributed by atoms with Crippen LogP contribution in [0.15, 0.2) is 54.6 Å². The molecule has 2 aromatic carbocycles. The van der Waals surface area contributed by atoms with Crippen LogP contribution in [0.5, 0.6) is 5.75 Å². The van der Waals surface area contributed by atoms with Crippen molar-refractivity contribution in [3.8, 4) is 5.75 Å². The predicted octanol–water partition coefficient (Wildman–Crippen LogP) is 4.65. The lowest BCUT2D eigenvalue weighted by atomic mass is 9.92. The molecule has 3 rings (SSSR count). The lowest BCUT2D eigenvalue weighted by Crippen LogP contribution is -2.31. The van der Waals surface area contributed by atoms with E-state index in [9.17, 15) is 0 Å². The highest BCUT2D eigenvalue weighted by Gasteiger charge is 2.45. The normalized spacial score (nSPS) is 22.9. The molecule has 1 unspecified atom stereocenters. The summed E-state index contributed by atoms with van der Waals surface area (Å²) in [6, 6.07) is 18.3. The van der Waals surface area contributed by atoms with Gasteiger partial charge in [-0.1, -0.05) is 49.4 Å². The molecule has 2 aromatic rings. The van der Waals surface area contributed by atoms with E-state index in [2.05, 4.69) is 31.2 Å². The van der Waals surface area contributed by atoms with Gasteiger partial charge in [-0.05, 0) is 43.5 Å². The summed E-state index contributed by atoms with van der Waals surface area (Å²) in [7, 11) is 0. The Bertz CT molecular complexity index is 651. The van der Waals surface area contributed by atoms with Crippen molar-refractivity contribution < 1.29 is 14.2 Å². The van der Waals surface area contributed by atoms with Gasteiger partial charge >= 0.3 is 0 Å². The minimum Gasteiger partial charge on any atom is -0.489 e. The average Bonchev–Trinajstić information content (AvgIpc) is 2.91. The van der Waals surface area contributed by atoms with Crippen LogP contribution >= 0.6 is 0 Å². The fourth-order valence-electron chi connectivity index (χ4n) is 2.95. The van der Waals surface area contributed by atoms with E-state index in [0.29, 0.717) is 13.2 Å². The maximum atomic E-state index is 6.21. The Balaban J connectivity index is 1.77. The van der Waals surface area contributed by atoms with Crippen molar-refractivity contribution in [3.05, 3.63) is 65.7 Å². The van der Waals surface area contributed by atoms with Gasteiger partial charge in [0, 0.05) is 0 Å². The van der Waals surface area contributed by atoms with Crippen molar-refractivity contribution >= 4 is 0 Å². The van der Waals surface area contributed by atoms with Crippen molar-refractivity contribution in [2.75, 3.05) is 6.61 Å². The summed E-state index contributed by atoms with van der Waals surface area (Å²) in [6.45, 7) is 7.17. The molecule has 0 aliphatic carbocycles. The molecule has 1 heterocycles. The third-order valence-corrected chi connectivity index (χ3v) is 4.27. The van der Waals surface area contributed by atoms with Gasteiger partial charge in [0.25, 0.3) is 0 Å². The molecule has 1 aliphatic rings. The fourth-order valence-corrected chi connectivity index (χ4v) is 2.95. The van der Waals surface area contributed by atoms with Crippen LogP contribution in [-0.2, 0) is 21.7 Å². The highest BCUT2D eigenvalue weighted by molar-refractivity contribution is 5.33. The van der Waals surface area contributed by atoms with Gasteiger partial charge in [0.15, 0.2) is 5.79 Å². The lowest BCUT2D eigenvalue weighted by molar-refractivity contribution is -0.164. The first kappa shape index (κ1) is 16.0. The van der Waals surface area contributed by atoms with Crippen molar-refractivity contribution in [1.82, 2.24) is 0 Å². The van der Waals surface area contributed by atoms with E-state index in [1.807, 2.05) is 44.2 Å². The Morgan fingerprint density at radius 2 is 1.83 bits per heavy atom. The average molecular weight is 312 g/mol. The summed E-state index contributed by atoms with van der Waals surface area (Å²) in [5.74, 6) is 0.309. The Morgan fingerprint density at radius 1 is 1.04 bits per heavy atom. The minimum atomic E-state index is -0.545. The summed E-state index contributed by atoms with van der Waals surface area (Å²) in [4.78, 5) is 0. The van der Waals surface area contributed by atoms with Gasteiger partial charge in [-0.25, -0.2) is 0 Å². The van der Waals surface area contributed by atoms with E-state index in [1.54, 1.807) is 0 Å². The van der Waals surface area contributed by atoms with Crippen LogP contribution in [0.1, 0.15) is 38.3 Å². The number of benzene rings is 2. The molecule has 3 nitrogen and oxygen atoms in total. The summed E-state index contributed by atoms with van der Waals surface area (Å²) in [6.07, 6.45) is 0.860. The smallest absolute Gasteiger partial charge is 0.164 e. The maximum Gasteiger partial charge on any atom is 0.164 e. The quantitative estimate of drug-likeness (QED) is 0.804. The van der Waals surface area contributed by atoms with E-state index in [-0.39, 0.29) is 0 Å². The van der Waals surface area contributed by atoms with E-state index in [0.717, 1.165) is 23.3 Å². The molecule has 0 spiro atoms. The molecule has 0 amide bonds. The largest absolute Gasteiger partial charge is 0.489 e. The van der Waals surface area contributed by atoms with Crippen LogP contribution in [-0.4, -0.2) is 12.4 Å². The topological polar surface area (TPSA) is 27.7 Å². The van der Waals surface area contributed by atoms with Crippen molar-refractivity contribution in [3.63, 3.8) is 0 Å². The lowest BCUT2D eigenvalue weighted by Gasteiger charge is -2.28. The highest BCUT2D eigenvalue weighted by atomic mass is 16.8. The molecule has 0 saturated carbocycles. The third kappa shape index (κ3) is 3.57. The zero-order valence-corrected chi connectivity index (χ0v) is 14.0. The van der Waals surface area contributed by atoms with Crippen LogP contribution in [0.2, 0.25) is 0 Å². The summed E-state index contributed by atoms with van der Waals surface area (Å²) in [5.41, 5.74) is 1.87. The third-order valence-electron chi connectivity index (χ3n) is 4.27. The van der Waals surface area contributed by atoms with Crippen LogP contribution in [0.3, 0.4) is 0 Å². The fraction of sp³-hybridized carbons (Fsp3) is 0.400. The van der Waals surface area contributed by atoms with Gasteiger partial charge in [-0.3, -0.25) is 0 Å². The molecule has 1 fully saturated rings. The molecule has 1 saturated heterocycles. The Hall–Kier alpha value is -1.84. The molecule has 0 radical (unpaired) electrons. The van der Waals surface area contributed by atoms with Gasteiger partial charge in [0.1, 0.15) is 18.0 Å². The number of hydrogen-bond acceptors (Lipinski definition) is 3. The van der Waals surface area contributed by atoms with E-state index < -0.39 is 11.4 Å². The van der Waals surface area contributed by atoms with Crippen molar-refractivity contribution in [2.45, 2.75) is 45.2 Å². The molecule has 0 N–H and O–H groups in total. The molecule has 3 heteroatoms. The first-order valence-electron chi connectivity index (χ1n) is 8.14. The molecular formula is C20H24O3. The van der Waals surface area contributed by atoms with E-state index >= 15 is 0 Å². The zero-order chi connectivity index (χ0) is 16.3. The molecule has 23 heavy (non-hydrogen) atoms. The molecular weight excluding hydrogens is 288 g/mol. The first-order valence-corrected chi connectivity index (χ1v) is 8.14. The second-order valence-corrected chi connectivity index (χ2v) is 6.44. The van der Waals surface area contributed by atoms with E-state index in [1.165, 1.54) is 0 Å². The van der Waals surface area contributed by atoms with Crippen LogP contribution in [0.25, 0.3) is 0 Å². The van der Waals surface area contributed by atoms with Gasteiger partial charge in [-0.2, -0.15) is 0 Å². The number of rotatable bonds is 5. The second-order valence-electron chi connectivity index (χ2n) is 6.44. The van der Waals surface area contributed by atoms with Gasteiger partial charge in [0.05, 0.1) is 6.61 Å². The maximum absolute atomic E-state index is 6.21. The van der Waals surface area contributed by atoms with Gasteiger partial charge < -0.3 is 14.2 Å². The standard InChI is InChI=1S/C20H24O3/c1-4-20(15-22-19(2,3)23-20)17-11-8-12-18(13-17)21-14-16-9-6-5-7-10-16/h5-13H,4,14-15H2,1-3H3. The zero-order valence-electron chi connectivity index (χ0n) is 14.0. The monoisotopic (exact) mass is 312 g/mol. The Morgan fingerprint density at radius 3 is 2.48 bits per heavy atom. The molecule has 1 atom stereocenters. The molecule has 1 aliphatic heterocycles. The molecule has 0 bridgehead atoms. The molecule has 122 valence electrons. The molecule has 0 aromatic heterocycles. The van der Waals surface area contributed by atoms with Crippen LogP contribution in [0.4, 0.5) is 0 Å². The SMILES string of the molecule is CCC1(c2cccc(OCc3ccccc3)c2)COC(C)(C)O1. The number of hydrogen-bond donors (Lipinski definition) is 0. The van der Waals surface area contributed by atoms with Gasteiger partial charge in [-0.15, -0.1) is 0 Å². The Kier molecular flexibility index (Phi) is 4.42. The highest BCUT2D eigenvalue weighted by Crippen LogP contribution is 2.41. The summed E-state index contributed by atoms with van der Waals surface area (Å²) in [5, 5.41) is 0. The van der Waals surface area contributed by atoms with Crippen LogP contribution < -0.4 is 4.74 Å².